The van der Waals surface area contributed by atoms with Gasteiger partial charge in [-0.15, -0.1) is 12.4 Å². The summed E-state index contributed by atoms with van der Waals surface area (Å²) in [5, 5.41) is 2.86. The molecular weight excluding hydrogens is 366 g/mol. The van der Waals surface area contributed by atoms with Gasteiger partial charge in [0.15, 0.2) is 0 Å². The zero-order valence-corrected chi connectivity index (χ0v) is 15.9. The molecule has 0 aliphatic heterocycles. The van der Waals surface area contributed by atoms with Gasteiger partial charge >= 0.3 is 0 Å². The largest absolute Gasteiger partial charge is 0.383 e. The van der Waals surface area contributed by atoms with Crippen molar-refractivity contribution in [2.24, 2.45) is 11.7 Å². The van der Waals surface area contributed by atoms with Crippen molar-refractivity contribution in [1.29, 1.82) is 0 Å². The second kappa shape index (κ2) is 10.1. The highest BCUT2D eigenvalue weighted by molar-refractivity contribution is 7.89. The molecule has 1 aliphatic rings. The van der Waals surface area contributed by atoms with E-state index in [2.05, 4.69) is 10.0 Å². The highest BCUT2D eigenvalue weighted by Gasteiger charge is 2.27. The van der Waals surface area contributed by atoms with E-state index >= 15 is 0 Å². The molecular formula is C16H26ClN3O4S. The van der Waals surface area contributed by atoms with Crippen molar-refractivity contribution in [3.05, 3.63) is 29.8 Å². The fourth-order valence-corrected chi connectivity index (χ4v) is 3.86. The smallest absolute Gasteiger partial charge is 0.240 e. The molecule has 1 aromatic carbocycles. The van der Waals surface area contributed by atoms with Gasteiger partial charge in [-0.1, -0.05) is 12.1 Å². The van der Waals surface area contributed by atoms with Crippen molar-refractivity contribution in [1.82, 2.24) is 10.0 Å². The van der Waals surface area contributed by atoms with Gasteiger partial charge in [0.25, 0.3) is 0 Å². The number of sulfonamides is 1. The Kier molecular flexibility index (Phi) is 8.81. The van der Waals surface area contributed by atoms with E-state index in [1.54, 1.807) is 18.2 Å². The molecule has 0 spiro atoms. The minimum absolute atomic E-state index is 0. The number of hydrogen-bond donors (Lipinski definition) is 3. The Bertz CT molecular complexity index is 669. The van der Waals surface area contributed by atoms with E-state index in [1.165, 1.54) is 13.2 Å². The van der Waals surface area contributed by atoms with E-state index in [-0.39, 0.29) is 41.7 Å². The maximum Gasteiger partial charge on any atom is 0.240 e. The van der Waals surface area contributed by atoms with Gasteiger partial charge in [-0.2, -0.15) is 0 Å². The third kappa shape index (κ3) is 6.56. The number of carbonyl (C=O) groups excluding carboxylic acids is 1. The lowest BCUT2D eigenvalue weighted by Gasteiger charge is -2.12. The molecule has 2 atom stereocenters. The Morgan fingerprint density at radius 3 is 2.76 bits per heavy atom. The van der Waals surface area contributed by atoms with Crippen LogP contribution in [0.15, 0.2) is 29.2 Å². The van der Waals surface area contributed by atoms with Gasteiger partial charge in [-0.25, -0.2) is 13.1 Å². The average molecular weight is 392 g/mol. The van der Waals surface area contributed by atoms with E-state index in [9.17, 15) is 13.2 Å². The Morgan fingerprint density at radius 2 is 2.12 bits per heavy atom. The predicted molar refractivity (Wildman–Crippen MR) is 97.9 cm³/mol. The van der Waals surface area contributed by atoms with Crippen LogP contribution in [-0.2, 0) is 26.1 Å². The van der Waals surface area contributed by atoms with Crippen molar-refractivity contribution in [2.75, 3.05) is 20.3 Å². The van der Waals surface area contributed by atoms with Crippen molar-refractivity contribution in [3.8, 4) is 0 Å². The van der Waals surface area contributed by atoms with Crippen molar-refractivity contribution in [2.45, 2.75) is 36.7 Å². The zero-order chi connectivity index (χ0) is 17.6. The lowest BCUT2D eigenvalue weighted by molar-refractivity contribution is -0.125. The van der Waals surface area contributed by atoms with Crippen molar-refractivity contribution < 1.29 is 17.9 Å². The van der Waals surface area contributed by atoms with Gasteiger partial charge in [0.05, 0.1) is 11.5 Å². The number of ether oxygens (including phenoxy) is 1. The Hall–Kier alpha value is -1.19. The first kappa shape index (κ1) is 21.9. The summed E-state index contributed by atoms with van der Waals surface area (Å²) in [6.45, 7) is 0.812. The number of carbonyl (C=O) groups is 1. The fraction of sp³-hybridized carbons (Fsp3) is 0.562. The van der Waals surface area contributed by atoms with Gasteiger partial charge < -0.3 is 15.8 Å². The van der Waals surface area contributed by atoms with Gasteiger partial charge in [0.1, 0.15) is 0 Å². The SMILES string of the molecule is COCCNS(=O)(=O)c1cccc(CNC(=O)C2CCC(N)C2)c1.Cl. The minimum atomic E-state index is -3.58. The van der Waals surface area contributed by atoms with Gasteiger partial charge in [-0.05, 0) is 37.0 Å². The van der Waals surface area contributed by atoms with Crippen LogP contribution < -0.4 is 15.8 Å². The molecule has 0 heterocycles. The molecule has 0 aromatic heterocycles. The minimum Gasteiger partial charge on any atom is -0.383 e. The third-order valence-corrected chi connectivity index (χ3v) is 5.58. The molecule has 1 aromatic rings. The molecule has 2 unspecified atom stereocenters. The first-order valence-electron chi connectivity index (χ1n) is 8.03. The van der Waals surface area contributed by atoms with Gasteiger partial charge in [0.2, 0.25) is 15.9 Å². The molecule has 9 heteroatoms. The number of benzene rings is 1. The quantitative estimate of drug-likeness (QED) is 0.567. The first-order valence-corrected chi connectivity index (χ1v) is 9.51. The monoisotopic (exact) mass is 391 g/mol. The van der Waals surface area contributed by atoms with Crippen LogP contribution in [0.4, 0.5) is 0 Å². The molecule has 1 saturated carbocycles. The predicted octanol–water partition coefficient (Wildman–Crippen LogP) is 0.777. The summed E-state index contributed by atoms with van der Waals surface area (Å²) in [6, 6.07) is 6.64. The van der Waals surface area contributed by atoms with Crippen LogP contribution >= 0.6 is 12.4 Å². The molecule has 7 nitrogen and oxygen atoms in total. The summed E-state index contributed by atoms with van der Waals surface area (Å²) in [5.41, 5.74) is 6.56. The van der Waals surface area contributed by atoms with E-state index in [4.69, 9.17) is 10.5 Å². The molecule has 0 bridgehead atoms. The van der Waals surface area contributed by atoms with Crippen LogP contribution in [0.25, 0.3) is 0 Å². The number of rotatable bonds is 8. The summed E-state index contributed by atoms with van der Waals surface area (Å²) < 4.78 is 31.6. The van der Waals surface area contributed by atoms with Crippen LogP contribution in [0.2, 0.25) is 0 Å². The lowest BCUT2D eigenvalue weighted by Crippen LogP contribution is -2.30. The van der Waals surface area contributed by atoms with E-state index in [0.717, 1.165) is 18.4 Å². The van der Waals surface area contributed by atoms with Crippen LogP contribution in [0.5, 0.6) is 0 Å². The number of nitrogens with two attached hydrogens (primary N) is 1. The molecule has 1 fully saturated rings. The molecule has 1 aliphatic carbocycles. The Morgan fingerprint density at radius 1 is 1.36 bits per heavy atom. The molecule has 2 rings (SSSR count). The van der Waals surface area contributed by atoms with E-state index < -0.39 is 10.0 Å². The number of methoxy groups -OCH3 is 1. The van der Waals surface area contributed by atoms with Crippen LogP contribution in [0.3, 0.4) is 0 Å². The zero-order valence-electron chi connectivity index (χ0n) is 14.2. The van der Waals surface area contributed by atoms with E-state index in [0.29, 0.717) is 19.6 Å². The molecule has 25 heavy (non-hydrogen) atoms. The average Bonchev–Trinajstić information content (AvgIpc) is 3.00. The lowest BCUT2D eigenvalue weighted by atomic mass is 10.1. The highest BCUT2D eigenvalue weighted by Crippen LogP contribution is 2.24. The van der Waals surface area contributed by atoms with Crippen LogP contribution in [0.1, 0.15) is 24.8 Å². The normalized spacial score (nSPS) is 20.1. The first-order chi connectivity index (χ1) is 11.4. The van der Waals surface area contributed by atoms with Crippen molar-refractivity contribution in [3.63, 3.8) is 0 Å². The third-order valence-electron chi connectivity index (χ3n) is 4.12. The van der Waals surface area contributed by atoms with Crippen LogP contribution in [0, 0.1) is 5.92 Å². The fourth-order valence-electron chi connectivity index (χ4n) is 2.77. The molecule has 0 radical (unpaired) electrons. The molecule has 1 amide bonds. The van der Waals surface area contributed by atoms with Gasteiger partial charge in [0, 0.05) is 32.2 Å². The molecule has 4 N–H and O–H groups in total. The number of halogens is 1. The topological polar surface area (TPSA) is 111 Å². The second-order valence-corrected chi connectivity index (χ2v) is 7.79. The number of amides is 1. The van der Waals surface area contributed by atoms with Crippen molar-refractivity contribution >= 4 is 28.3 Å². The summed E-state index contributed by atoms with van der Waals surface area (Å²) in [5.74, 6) is -0.0583. The highest BCUT2D eigenvalue weighted by atomic mass is 35.5. The van der Waals surface area contributed by atoms with Gasteiger partial charge in [-0.3, -0.25) is 4.79 Å². The molecule has 0 saturated heterocycles. The Balaban J connectivity index is 0.00000312. The second-order valence-electron chi connectivity index (χ2n) is 6.03. The Labute approximate surface area is 155 Å². The number of nitrogens with one attached hydrogen (secondary N) is 2. The van der Waals surface area contributed by atoms with Crippen LogP contribution in [-0.4, -0.2) is 40.6 Å². The maximum atomic E-state index is 12.2. The standard InChI is InChI=1S/C16H25N3O4S.ClH/c1-23-8-7-19-24(21,22)15-4-2-3-12(9-15)11-18-16(20)13-5-6-14(17)10-13;/h2-4,9,13-14,19H,5-8,10-11,17H2,1H3,(H,18,20);1H. The summed E-state index contributed by atoms with van der Waals surface area (Å²) >= 11 is 0. The molecule has 142 valence electrons. The maximum absolute atomic E-state index is 12.2. The number of hydrogen-bond acceptors (Lipinski definition) is 5. The van der Waals surface area contributed by atoms with E-state index in [1.807, 2.05) is 0 Å². The summed E-state index contributed by atoms with van der Waals surface area (Å²) in [4.78, 5) is 12.3. The summed E-state index contributed by atoms with van der Waals surface area (Å²) in [7, 11) is -2.07. The summed E-state index contributed by atoms with van der Waals surface area (Å²) in [6.07, 6.45) is 2.40.